The van der Waals surface area contributed by atoms with Crippen LogP contribution in [0.1, 0.15) is 19.4 Å². The lowest BCUT2D eigenvalue weighted by molar-refractivity contribution is 0.650. The van der Waals surface area contributed by atoms with Crippen LogP contribution >= 0.6 is 0 Å². The van der Waals surface area contributed by atoms with E-state index < -0.39 is 0 Å². The maximum Gasteiger partial charge on any atom is 0.0666 e. The average Bonchev–Trinajstić information content (AvgIpc) is 2.48. The van der Waals surface area contributed by atoms with Crippen LogP contribution in [0.15, 0.2) is 30.9 Å². The van der Waals surface area contributed by atoms with Crippen LogP contribution in [-0.4, -0.2) is 9.38 Å². The molecule has 0 fully saturated rings. The molecule has 0 atom stereocenters. The highest BCUT2D eigenvalue weighted by molar-refractivity contribution is 5.53. The number of fused-ring (bicyclic) bond motifs is 1. The molecular weight excluding hydrogens is 160 g/mol. The normalized spacial score (nSPS) is 11.3. The summed E-state index contributed by atoms with van der Waals surface area (Å²) >= 11 is 0. The number of nitrogens with zero attached hydrogens (tertiary/aromatic N) is 2. The molecule has 0 aliphatic carbocycles. The molecule has 0 aliphatic rings. The van der Waals surface area contributed by atoms with E-state index in [1.807, 2.05) is 18.6 Å². The zero-order chi connectivity index (χ0) is 9.26. The van der Waals surface area contributed by atoms with Crippen LogP contribution in [-0.2, 0) is 6.42 Å². The van der Waals surface area contributed by atoms with Crippen molar-refractivity contribution < 1.29 is 0 Å². The maximum absolute atomic E-state index is 4.13. The minimum atomic E-state index is 0.700. The molecule has 0 unspecified atom stereocenters. The second-order valence-corrected chi connectivity index (χ2v) is 3.81. The van der Waals surface area contributed by atoms with Crippen molar-refractivity contribution in [2.45, 2.75) is 20.3 Å². The van der Waals surface area contributed by atoms with Crippen molar-refractivity contribution in [3.63, 3.8) is 0 Å². The third-order valence-electron chi connectivity index (χ3n) is 2.18. The summed E-state index contributed by atoms with van der Waals surface area (Å²) in [7, 11) is 0. The van der Waals surface area contributed by atoms with Crippen molar-refractivity contribution in [2.24, 2.45) is 5.92 Å². The van der Waals surface area contributed by atoms with E-state index in [9.17, 15) is 0 Å². The first-order chi connectivity index (χ1) is 6.27. The van der Waals surface area contributed by atoms with E-state index >= 15 is 0 Å². The van der Waals surface area contributed by atoms with E-state index in [0.29, 0.717) is 5.92 Å². The first-order valence-corrected chi connectivity index (χ1v) is 4.67. The molecule has 2 nitrogen and oxygen atoms in total. The quantitative estimate of drug-likeness (QED) is 0.684. The van der Waals surface area contributed by atoms with Crippen molar-refractivity contribution in [2.75, 3.05) is 0 Å². The monoisotopic (exact) mass is 174 g/mol. The highest BCUT2D eigenvalue weighted by Gasteiger charge is 2.03. The molecular formula is C11H14N2. The molecule has 2 aromatic heterocycles. The number of hydrogen-bond acceptors (Lipinski definition) is 1. The summed E-state index contributed by atoms with van der Waals surface area (Å²) in [5.41, 5.74) is 2.62. The number of aromatic nitrogens is 2. The Hall–Kier alpha value is -1.31. The van der Waals surface area contributed by atoms with Gasteiger partial charge in [-0.15, -0.1) is 0 Å². The molecule has 0 amide bonds. The van der Waals surface area contributed by atoms with Gasteiger partial charge in [0.25, 0.3) is 0 Å². The van der Waals surface area contributed by atoms with E-state index in [1.54, 1.807) is 0 Å². The van der Waals surface area contributed by atoms with E-state index in [1.165, 1.54) is 11.1 Å². The van der Waals surface area contributed by atoms with Gasteiger partial charge < -0.3 is 4.40 Å². The van der Waals surface area contributed by atoms with Crippen molar-refractivity contribution in [1.82, 2.24) is 9.38 Å². The predicted molar refractivity (Wildman–Crippen MR) is 53.7 cm³/mol. The van der Waals surface area contributed by atoms with E-state index in [-0.39, 0.29) is 0 Å². The molecule has 2 heteroatoms. The lowest BCUT2D eigenvalue weighted by Crippen LogP contribution is -1.93. The molecule has 0 bridgehead atoms. The van der Waals surface area contributed by atoms with Gasteiger partial charge in [-0.05, 0) is 24.0 Å². The van der Waals surface area contributed by atoms with Crippen LogP contribution in [0.2, 0.25) is 0 Å². The zero-order valence-electron chi connectivity index (χ0n) is 8.07. The predicted octanol–water partition coefficient (Wildman–Crippen LogP) is 2.53. The molecule has 0 saturated carbocycles. The van der Waals surface area contributed by atoms with Crippen LogP contribution in [0.5, 0.6) is 0 Å². The Bertz CT molecular complexity index is 401. The lowest BCUT2D eigenvalue weighted by Gasteiger charge is -2.02. The molecule has 0 radical (unpaired) electrons. The minimum absolute atomic E-state index is 0.700. The van der Waals surface area contributed by atoms with Crippen LogP contribution in [0.3, 0.4) is 0 Å². The van der Waals surface area contributed by atoms with Gasteiger partial charge in [0.1, 0.15) is 0 Å². The summed E-state index contributed by atoms with van der Waals surface area (Å²) in [6.07, 6.45) is 8.94. The van der Waals surface area contributed by atoms with Gasteiger partial charge in [-0.2, -0.15) is 0 Å². The van der Waals surface area contributed by atoms with Crippen molar-refractivity contribution in [1.29, 1.82) is 0 Å². The highest BCUT2D eigenvalue weighted by atomic mass is 14.9. The number of rotatable bonds is 2. The van der Waals surface area contributed by atoms with Gasteiger partial charge in [0.05, 0.1) is 11.7 Å². The smallest absolute Gasteiger partial charge is 0.0666 e. The van der Waals surface area contributed by atoms with Crippen LogP contribution in [0.4, 0.5) is 0 Å². The first kappa shape index (κ1) is 8.30. The SMILES string of the molecule is CC(C)Cc1ccn2ccncc12. The van der Waals surface area contributed by atoms with E-state index in [2.05, 4.69) is 35.5 Å². The van der Waals surface area contributed by atoms with Crippen molar-refractivity contribution >= 4 is 5.52 Å². The fraction of sp³-hybridized carbons (Fsp3) is 0.364. The fourth-order valence-corrected chi connectivity index (χ4v) is 1.62. The van der Waals surface area contributed by atoms with Gasteiger partial charge in [0.15, 0.2) is 0 Å². The second-order valence-electron chi connectivity index (χ2n) is 3.81. The molecule has 2 aromatic rings. The minimum Gasteiger partial charge on any atom is -0.321 e. The Balaban J connectivity index is 2.46. The van der Waals surface area contributed by atoms with Crippen LogP contribution < -0.4 is 0 Å². The molecule has 2 heterocycles. The van der Waals surface area contributed by atoms with Gasteiger partial charge in [-0.1, -0.05) is 13.8 Å². The Labute approximate surface area is 78.2 Å². The Morgan fingerprint density at radius 3 is 3.00 bits per heavy atom. The Morgan fingerprint density at radius 2 is 2.23 bits per heavy atom. The van der Waals surface area contributed by atoms with E-state index in [4.69, 9.17) is 0 Å². The van der Waals surface area contributed by atoms with E-state index in [0.717, 1.165) is 6.42 Å². The zero-order valence-corrected chi connectivity index (χ0v) is 8.07. The van der Waals surface area contributed by atoms with Gasteiger partial charge in [-0.25, -0.2) is 0 Å². The summed E-state index contributed by atoms with van der Waals surface area (Å²) in [5, 5.41) is 0. The van der Waals surface area contributed by atoms with Crippen molar-refractivity contribution in [3.05, 3.63) is 36.4 Å². The van der Waals surface area contributed by atoms with Gasteiger partial charge in [0, 0.05) is 18.6 Å². The Morgan fingerprint density at radius 1 is 1.38 bits per heavy atom. The third-order valence-corrected chi connectivity index (χ3v) is 2.18. The average molecular weight is 174 g/mol. The highest BCUT2D eigenvalue weighted by Crippen LogP contribution is 2.15. The van der Waals surface area contributed by atoms with Crippen molar-refractivity contribution in [3.8, 4) is 0 Å². The summed E-state index contributed by atoms with van der Waals surface area (Å²) in [6.45, 7) is 4.47. The topological polar surface area (TPSA) is 17.3 Å². The molecule has 13 heavy (non-hydrogen) atoms. The van der Waals surface area contributed by atoms with Crippen LogP contribution in [0.25, 0.3) is 5.52 Å². The Kier molecular flexibility index (Phi) is 2.05. The molecule has 0 saturated heterocycles. The van der Waals surface area contributed by atoms with Gasteiger partial charge in [0.2, 0.25) is 0 Å². The fourth-order valence-electron chi connectivity index (χ4n) is 1.62. The first-order valence-electron chi connectivity index (χ1n) is 4.67. The van der Waals surface area contributed by atoms with Gasteiger partial charge >= 0.3 is 0 Å². The second kappa shape index (κ2) is 3.21. The summed E-state index contributed by atoms with van der Waals surface area (Å²) in [4.78, 5) is 4.13. The molecule has 68 valence electrons. The number of hydrogen-bond donors (Lipinski definition) is 0. The molecule has 0 aliphatic heterocycles. The molecule has 0 N–H and O–H groups in total. The molecule has 0 aromatic carbocycles. The molecule has 0 spiro atoms. The summed E-state index contributed by atoms with van der Waals surface area (Å²) in [6, 6.07) is 2.18. The largest absolute Gasteiger partial charge is 0.321 e. The summed E-state index contributed by atoms with van der Waals surface area (Å²) < 4.78 is 2.12. The third kappa shape index (κ3) is 1.57. The van der Waals surface area contributed by atoms with Gasteiger partial charge in [-0.3, -0.25) is 4.98 Å². The lowest BCUT2D eigenvalue weighted by atomic mass is 10.0. The molecule has 2 rings (SSSR count). The van der Waals surface area contributed by atoms with Crippen LogP contribution in [0, 0.1) is 5.92 Å². The maximum atomic E-state index is 4.13. The standard InChI is InChI=1S/C11H14N2/c1-9(2)7-10-3-5-13-6-4-12-8-11(10)13/h3-6,8-9H,7H2,1-2H3. The summed E-state index contributed by atoms with van der Waals surface area (Å²) in [5.74, 6) is 0.700.